The summed E-state index contributed by atoms with van der Waals surface area (Å²) in [6.45, 7) is 10.7. The number of hydrogen-bond donors (Lipinski definition) is 0. The maximum absolute atomic E-state index is 8.60. The molecule has 0 aliphatic rings. The molecule has 3 heterocycles. The average molecular weight is 998 g/mol. The molecule has 3 nitrogen and oxygen atoms in total. The van der Waals surface area contributed by atoms with Gasteiger partial charge in [0.05, 0.1) is 16.9 Å². The Kier molecular flexibility index (Phi) is 10.9. The average Bonchev–Trinajstić information content (AvgIpc) is 3.78. The molecule has 0 saturated carbocycles. The molecule has 0 spiro atoms. The number of thiophene rings is 1. The van der Waals surface area contributed by atoms with Crippen molar-refractivity contribution in [2.45, 2.75) is 83.9 Å². The van der Waals surface area contributed by atoms with Gasteiger partial charge < -0.3 is 4.57 Å². The van der Waals surface area contributed by atoms with Gasteiger partial charge in [0.15, 0.2) is 0 Å². The van der Waals surface area contributed by atoms with Crippen molar-refractivity contribution in [2.75, 3.05) is 0 Å². The van der Waals surface area contributed by atoms with Crippen LogP contribution in [-0.4, -0.2) is 27.8 Å². The van der Waals surface area contributed by atoms with Gasteiger partial charge in [-0.2, -0.15) is 11.3 Å². The first kappa shape index (κ1) is 35.3. The third-order valence-corrected chi connectivity index (χ3v) is 15.3. The molecule has 8 rings (SSSR count). The SMILES string of the molecule is CC(C)c1cccc(C(C)C)c1-n1c(-c2[c-]cc3sc4ccccc4c3c2)nc2ccccc21.[2H]C([2H])([2H])c1c[c-]c(-c2cc(C([2H])([2H])C(C)C)[c]([Ge]([CH3])([CH3])[CH3])cn2)cc1.[Ir]. The summed E-state index contributed by atoms with van der Waals surface area (Å²) in [6.07, 6.45) is 0.362. The van der Waals surface area contributed by atoms with Gasteiger partial charge in [-0.3, -0.25) is 4.98 Å². The molecule has 0 amide bonds. The molecule has 0 bridgehead atoms. The van der Waals surface area contributed by atoms with Crippen LogP contribution in [0.2, 0.25) is 17.3 Å². The molecule has 56 heavy (non-hydrogen) atoms. The second-order valence-electron chi connectivity index (χ2n) is 16.2. The Morgan fingerprint density at radius 2 is 1.46 bits per heavy atom. The number of fused-ring (bicyclic) bond motifs is 4. The molecule has 0 aliphatic carbocycles. The van der Waals surface area contributed by atoms with Gasteiger partial charge in [-0.15, -0.1) is 23.8 Å². The second-order valence-corrected chi connectivity index (χ2v) is 27.9. The van der Waals surface area contributed by atoms with Crippen molar-refractivity contribution < 1.29 is 27.0 Å². The van der Waals surface area contributed by atoms with Crippen LogP contribution in [0.15, 0.2) is 109 Å². The van der Waals surface area contributed by atoms with Crippen LogP contribution in [0.5, 0.6) is 0 Å². The van der Waals surface area contributed by atoms with Crippen molar-refractivity contribution in [1.29, 1.82) is 0 Å². The molecule has 3 aromatic heterocycles. The molecule has 6 heteroatoms. The molecule has 0 unspecified atom stereocenters. The summed E-state index contributed by atoms with van der Waals surface area (Å²) in [5.41, 5.74) is 9.36. The number of para-hydroxylation sites is 3. The standard InChI is InChI=1S/C31H27N2S.C19H26GeN.Ir/c1-19(2)22-11-9-12-23(20(3)4)30(22)33-27-14-7-6-13-26(27)32-31(33)21-16-17-29-25(18-21)24-10-5-8-15-28(24)34-29;1-14(2)11-17-12-19(16-9-7-15(3)8-10-16)21-13-18(17)20(4,5)6;/h5-15,17-20H,1-4H3;7-9,12-14H,11H2,1-6H3;/q2*-1;/i;3D3,11D2;. The number of imidazole rings is 1. The van der Waals surface area contributed by atoms with Gasteiger partial charge >= 0.3 is 139 Å². The van der Waals surface area contributed by atoms with Crippen LogP contribution >= 0.6 is 11.3 Å². The van der Waals surface area contributed by atoms with Crippen molar-refractivity contribution >= 4 is 60.2 Å². The molecule has 289 valence electrons. The maximum atomic E-state index is 8.60. The van der Waals surface area contributed by atoms with Crippen molar-refractivity contribution in [1.82, 2.24) is 14.5 Å². The predicted molar refractivity (Wildman–Crippen MR) is 241 cm³/mol. The number of nitrogens with zero attached hydrogens (tertiary/aromatic N) is 3. The fraction of sp³-hybridized carbons (Fsp3) is 0.280. The van der Waals surface area contributed by atoms with Crippen molar-refractivity contribution in [3.63, 3.8) is 0 Å². The van der Waals surface area contributed by atoms with Gasteiger partial charge in [-0.05, 0) is 51.2 Å². The molecule has 5 aromatic carbocycles. The summed E-state index contributed by atoms with van der Waals surface area (Å²) in [5, 5.41) is 2.57. The van der Waals surface area contributed by atoms with Crippen LogP contribution in [0.3, 0.4) is 0 Å². The van der Waals surface area contributed by atoms with Gasteiger partial charge in [-0.25, -0.2) is 0 Å². The topological polar surface area (TPSA) is 30.7 Å². The molecular formula is C50H53GeIrN3S-2. The molecule has 0 fully saturated rings. The molecule has 1 radical (unpaired) electrons. The molecule has 0 N–H and O–H groups in total. The van der Waals surface area contributed by atoms with E-state index in [2.05, 4.69) is 146 Å². The van der Waals surface area contributed by atoms with Crippen LogP contribution in [0.1, 0.15) is 82.5 Å². The Morgan fingerprint density at radius 3 is 2.12 bits per heavy atom. The van der Waals surface area contributed by atoms with E-state index in [9.17, 15) is 0 Å². The van der Waals surface area contributed by atoms with Crippen LogP contribution in [0.4, 0.5) is 0 Å². The third-order valence-electron chi connectivity index (χ3n) is 9.92. The van der Waals surface area contributed by atoms with Crippen molar-refractivity contribution in [2.24, 2.45) is 5.92 Å². The Morgan fingerprint density at radius 1 is 0.768 bits per heavy atom. The van der Waals surface area contributed by atoms with Crippen LogP contribution in [0, 0.1) is 24.9 Å². The van der Waals surface area contributed by atoms with E-state index in [1.165, 1.54) is 43.1 Å². The maximum Gasteiger partial charge on any atom is 0 e. The minimum atomic E-state index is -2.32. The van der Waals surface area contributed by atoms with E-state index in [1.54, 1.807) is 12.1 Å². The molecular weight excluding hydrogens is 939 g/mol. The zero-order valence-electron chi connectivity index (χ0n) is 38.7. The fourth-order valence-electron chi connectivity index (χ4n) is 7.22. The van der Waals surface area contributed by atoms with Crippen LogP contribution in [0.25, 0.3) is 59.5 Å². The third kappa shape index (κ3) is 8.67. The van der Waals surface area contributed by atoms with Gasteiger partial charge in [0, 0.05) is 30.5 Å². The Labute approximate surface area is 361 Å². The summed E-state index contributed by atoms with van der Waals surface area (Å²) < 4.78 is 45.6. The first-order valence-electron chi connectivity index (χ1n) is 21.7. The quantitative estimate of drug-likeness (QED) is 0.112. The van der Waals surface area contributed by atoms with E-state index in [1.807, 2.05) is 37.4 Å². The number of hydrogen-bond acceptors (Lipinski definition) is 3. The van der Waals surface area contributed by atoms with Gasteiger partial charge in [-0.1, -0.05) is 81.6 Å². The molecule has 0 aliphatic heterocycles. The van der Waals surface area contributed by atoms with Crippen molar-refractivity contribution in [3.8, 4) is 28.3 Å². The Bertz CT molecular complexity index is 2790. The first-order valence-corrected chi connectivity index (χ1v) is 27.4. The Balaban J connectivity index is 0.000000209. The van der Waals surface area contributed by atoms with Crippen LogP contribution in [-0.2, 0) is 26.5 Å². The van der Waals surface area contributed by atoms with E-state index in [0.717, 1.165) is 26.8 Å². The van der Waals surface area contributed by atoms with Gasteiger partial charge in [0.2, 0.25) is 0 Å². The largest absolute Gasteiger partial charge is 0 e. The van der Waals surface area contributed by atoms with E-state index < -0.39 is 26.5 Å². The number of pyridine rings is 1. The normalized spacial score (nSPS) is 13.6. The number of rotatable bonds is 8. The minimum absolute atomic E-state index is 0. The molecule has 0 saturated heterocycles. The summed E-state index contributed by atoms with van der Waals surface area (Å²) >= 11 is -0.492. The predicted octanol–water partition coefficient (Wildman–Crippen LogP) is 13.7. The summed E-state index contributed by atoms with van der Waals surface area (Å²) in [5.74, 6) is 8.27. The number of aryl methyl sites for hydroxylation is 1. The fourth-order valence-corrected chi connectivity index (χ4v) is 11.2. The summed E-state index contributed by atoms with van der Waals surface area (Å²) in [4.78, 5) is 9.72. The second kappa shape index (κ2) is 17.3. The van der Waals surface area contributed by atoms with Gasteiger partial charge in [0.1, 0.15) is 0 Å². The monoisotopic (exact) mass is 999 g/mol. The Hall–Kier alpha value is -3.87. The number of benzene rings is 5. The summed E-state index contributed by atoms with van der Waals surface area (Å²) in [6, 6.07) is 41.4. The zero-order chi connectivity index (χ0) is 43.3. The summed E-state index contributed by atoms with van der Waals surface area (Å²) in [7, 11) is 0. The van der Waals surface area contributed by atoms with E-state index in [0.29, 0.717) is 28.7 Å². The first-order chi connectivity index (χ1) is 28.3. The zero-order valence-corrected chi connectivity index (χ0v) is 39.0. The molecule has 8 aromatic rings. The van der Waals surface area contributed by atoms with E-state index >= 15 is 0 Å². The number of aromatic nitrogens is 3. The van der Waals surface area contributed by atoms with E-state index in [-0.39, 0.29) is 31.6 Å². The van der Waals surface area contributed by atoms with E-state index in [4.69, 9.17) is 11.8 Å². The molecule has 0 atom stereocenters. The van der Waals surface area contributed by atoms with Crippen molar-refractivity contribution in [3.05, 3.63) is 144 Å². The van der Waals surface area contributed by atoms with Crippen LogP contribution < -0.4 is 4.40 Å². The smallest absolute Gasteiger partial charge is 0 e. The minimum Gasteiger partial charge on any atom is 0 e. The van der Waals surface area contributed by atoms with Gasteiger partial charge in [0.25, 0.3) is 0 Å².